The van der Waals surface area contributed by atoms with Gasteiger partial charge in [0, 0.05) is 41.0 Å². The smallest absolute Gasteiger partial charge is 0.300 e. The number of rotatable bonds is 3. The molecule has 0 saturated carbocycles. The number of halogens is 2. The number of aliphatic hydroxyl groups is 1. The predicted molar refractivity (Wildman–Crippen MR) is 131 cm³/mol. The predicted octanol–water partition coefficient (Wildman–Crippen LogP) is 6.11. The van der Waals surface area contributed by atoms with Crippen LogP contribution in [-0.2, 0) is 16.6 Å². The highest BCUT2D eigenvalue weighted by molar-refractivity contribution is 6.52. The van der Waals surface area contributed by atoms with Crippen molar-refractivity contribution >= 4 is 57.2 Å². The third-order valence-electron chi connectivity index (χ3n) is 5.89. The minimum absolute atomic E-state index is 0.00130. The lowest BCUT2D eigenvalue weighted by Crippen LogP contribution is -2.29. The highest BCUT2D eigenvalue weighted by Gasteiger charge is 2.47. The van der Waals surface area contributed by atoms with Crippen molar-refractivity contribution in [2.75, 3.05) is 4.90 Å². The van der Waals surface area contributed by atoms with Crippen molar-refractivity contribution in [1.82, 2.24) is 4.57 Å². The molecule has 1 saturated heterocycles. The van der Waals surface area contributed by atoms with Crippen molar-refractivity contribution in [3.8, 4) is 0 Å². The molecule has 0 aliphatic carbocycles. The Morgan fingerprint density at radius 3 is 2.33 bits per heavy atom. The number of amides is 1. The average Bonchev–Trinajstić information content (AvgIpc) is 3.29. The van der Waals surface area contributed by atoms with E-state index in [1.807, 2.05) is 48.1 Å². The highest BCUT2D eigenvalue weighted by Crippen LogP contribution is 2.44. The van der Waals surface area contributed by atoms with Gasteiger partial charge < -0.3 is 9.67 Å². The number of aliphatic hydroxyl groups excluding tert-OH is 1. The van der Waals surface area contributed by atoms with Gasteiger partial charge >= 0.3 is 0 Å². The first-order valence-electron chi connectivity index (χ1n) is 10.2. The Morgan fingerprint density at radius 2 is 1.61 bits per heavy atom. The zero-order valence-electron chi connectivity index (χ0n) is 17.5. The van der Waals surface area contributed by atoms with Gasteiger partial charge in [0.05, 0.1) is 21.7 Å². The number of aromatic nitrogens is 1. The first-order valence-corrected chi connectivity index (χ1v) is 11.0. The Kier molecular flexibility index (Phi) is 5.23. The molecule has 1 aliphatic rings. The molecule has 3 aromatic carbocycles. The summed E-state index contributed by atoms with van der Waals surface area (Å²) in [7, 11) is 1.90. The van der Waals surface area contributed by atoms with Crippen LogP contribution >= 0.6 is 23.2 Å². The quantitative estimate of drug-likeness (QED) is 0.220. The van der Waals surface area contributed by atoms with Crippen LogP contribution in [0.2, 0.25) is 10.0 Å². The van der Waals surface area contributed by atoms with E-state index in [0.29, 0.717) is 16.3 Å². The van der Waals surface area contributed by atoms with Crippen LogP contribution in [0.25, 0.3) is 16.7 Å². The standard InChI is InChI=1S/C26H18Cl2N2O3/c1-29-14-18(17-9-5-6-10-21(17)29)23-22(24(31)15-11-12-19(27)20(28)13-15)25(32)26(33)30(23)16-7-3-2-4-8-16/h2-14,23,31H,1H3/b24-22+. The number of anilines is 1. The number of carbonyl (C=O) groups is 2. The number of aryl methyl sites for hydroxylation is 1. The lowest BCUT2D eigenvalue weighted by molar-refractivity contribution is -0.132. The van der Waals surface area contributed by atoms with E-state index in [4.69, 9.17) is 23.2 Å². The second-order valence-electron chi connectivity index (χ2n) is 7.85. The number of nitrogens with zero attached hydrogens (tertiary/aromatic N) is 2. The average molecular weight is 477 g/mol. The molecule has 1 aromatic heterocycles. The lowest BCUT2D eigenvalue weighted by atomic mass is 9.94. The molecule has 1 N–H and O–H groups in total. The Morgan fingerprint density at radius 1 is 0.909 bits per heavy atom. The fourth-order valence-corrected chi connectivity index (χ4v) is 4.67. The Bertz CT molecular complexity index is 1460. The summed E-state index contributed by atoms with van der Waals surface area (Å²) in [6, 6.07) is 20.5. The molecule has 2 heterocycles. The van der Waals surface area contributed by atoms with Crippen molar-refractivity contribution in [1.29, 1.82) is 0 Å². The molecular weight excluding hydrogens is 459 g/mol. The molecule has 1 fully saturated rings. The maximum Gasteiger partial charge on any atom is 0.300 e. The first-order chi connectivity index (χ1) is 15.9. The van der Waals surface area contributed by atoms with E-state index < -0.39 is 17.7 Å². The largest absolute Gasteiger partial charge is 0.507 e. The van der Waals surface area contributed by atoms with E-state index in [1.54, 1.807) is 36.4 Å². The minimum Gasteiger partial charge on any atom is -0.507 e. The van der Waals surface area contributed by atoms with Gasteiger partial charge in [-0.3, -0.25) is 14.5 Å². The number of fused-ring (bicyclic) bond motifs is 1. The van der Waals surface area contributed by atoms with Crippen LogP contribution in [0.4, 0.5) is 5.69 Å². The van der Waals surface area contributed by atoms with Gasteiger partial charge in [-0.05, 0) is 36.4 Å². The van der Waals surface area contributed by atoms with Gasteiger partial charge in [-0.1, -0.05) is 59.6 Å². The summed E-state index contributed by atoms with van der Waals surface area (Å²) in [5, 5.41) is 12.7. The van der Waals surface area contributed by atoms with Crippen LogP contribution in [0.5, 0.6) is 0 Å². The number of hydrogen-bond acceptors (Lipinski definition) is 3. The number of hydrogen-bond donors (Lipinski definition) is 1. The SMILES string of the molecule is Cn1cc(C2/C(=C(\O)c3ccc(Cl)c(Cl)c3)C(=O)C(=O)N2c2ccccc2)c2ccccc21. The molecule has 1 atom stereocenters. The van der Waals surface area contributed by atoms with E-state index in [1.165, 1.54) is 11.0 Å². The second-order valence-corrected chi connectivity index (χ2v) is 8.66. The van der Waals surface area contributed by atoms with Crippen LogP contribution in [-0.4, -0.2) is 21.4 Å². The van der Waals surface area contributed by atoms with Crippen molar-refractivity contribution < 1.29 is 14.7 Å². The molecule has 1 unspecified atom stereocenters. The molecule has 5 nitrogen and oxygen atoms in total. The summed E-state index contributed by atoms with van der Waals surface area (Å²) in [5.41, 5.74) is 2.54. The molecule has 33 heavy (non-hydrogen) atoms. The van der Waals surface area contributed by atoms with Crippen LogP contribution < -0.4 is 4.90 Å². The number of ketones is 1. The third kappa shape index (κ3) is 3.41. The Labute approximate surface area is 200 Å². The summed E-state index contributed by atoms with van der Waals surface area (Å²) in [5.74, 6) is -1.77. The summed E-state index contributed by atoms with van der Waals surface area (Å²) < 4.78 is 1.94. The lowest BCUT2D eigenvalue weighted by Gasteiger charge is -2.25. The van der Waals surface area contributed by atoms with Gasteiger partial charge in [0.1, 0.15) is 5.76 Å². The summed E-state index contributed by atoms with van der Waals surface area (Å²) >= 11 is 12.2. The molecular formula is C26H18Cl2N2O3. The van der Waals surface area contributed by atoms with Gasteiger partial charge in [0.25, 0.3) is 11.7 Å². The Balaban J connectivity index is 1.81. The van der Waals surface area contributed by atoms with Crippen LogP contribution in [0.1, 0.15) is 17.2 Å². The van der Waals surface area contributed by atoms with Gasteiger partial charge in [-0.15, -0.1) is 0 Å². The summed E-state index contributed by atoms with van der Waals surface area (Å²) in [4.78, 5) is 28.0. The van der Waals surface area contributed by atoms with Crippen LogP contribution in [0, 0.1) is 0 Å². The van der Waals surface area contributed by atoms with Gasteiger partial charge in [0.2, 0.25) is 0 Å². The van der Waals surface area contributed by atoms with E-state index in [2.05, 4.69) is 0 Å². The normalized spacial score (nSPS) is 17.8. The second kappa shape index (κ2) is 8.10. The van der Waals surface area contributed by atoms with Gasteiger partial charge in [0.15, 0.2) is 0 Å². The topological polar surface area (TPSA) is 62.5 Å². The molecule has 1 amide bonds. The van der Waals surface area contributed by atoms with Crippen molar-refractivity contribution in [2.45, 2.75) is 6.04 Å². The molecule has 164 valence electrons. The third-order valence-corrected chi connectivity index (χ3v) is 6.63. The highest BCUT2D eigenvalue weighted by atomic mass is 35.5. The Hall–Kier alpha value is -3.54. The summed E-state index contributed by atoms with van der Waals surface area (Å²) in [6.45, 7) is 0. The minimum atomic E-state index is -0.826. The molecule has 5 rings (SSSR count). The number of carbonyl (C=O) groups excluding carboxylic acids is 2. The zero-order chi connectivity index (χ0) is 23.3. The van der Waals surface area contributed by atoms with Crippen molar-refractivity contribution in [3.05, 3.63) is 106 Å². The van der Waals surface area contributed by atoms with Crippen molar-refractivity contribution in [3.63, 3.8) is 0 Å². The first kappa shape index (κ1) is 21.3. The maximum atomic E-state index is 13.3. The fourth-order valence-electron chi connectivity index (χ4n) is 4.37. The monoisotopic (exact) mass is 476 g/mol. The number of para-hydroxylation sites is 2. The zero-order valence-corrected chi connectivity index (χ0v) is 19.0. The molecule has 0 spiro atoms. The molecule has 0 radical (unpaired) electrons. The van der Waals surface area contributed by atoms with E-state index in [0.717, 1.165) is 16.5 Å². The number of Topliss-reactive ketones (excluding diaryl/α,β-unsaturated/α-hetero) is 1. The molecule has 1 aliphatic heterocycles. The van der Waals surface area contributed by atoms with E-state index >= 15 is 0 Å². The fraction of sp³-hybridized carbons (Fsp3) is 0.0769. The maximum absolute atomic E-state index is 13.3. The van der Waals surface area contributed by atoms with Crippen LogP contribution in [0.15, 0.2) is 84.6 Å². The van der Waals surface area contributed by atoms with Crippen LogP contribution in [0.3, 0.4) is 0 Å². The van der Waals surface area contributed by atoms with E-state index in [9.17, 15) is 14.7 Å². The van der Waals surface area contributed by atoms with Crippen molar-refractivity contribution in [2.24, 2.45) is 7.05 Å². The van der Waals surface area contributed by atoms with Gasteiger partial charge in [-0.2, -0.15) is 0 Å². The molecule has 4 aromatic rings. The summed E-state index contributed by atoms with van der Waals surface area (Å²) in [6.07, 6.45) is 1.89. The van der Waals surface area contributed by atoms with Gasteiger partial charge in [-0.25, -0.2) is 0 Å². The molecule has 0 bridgehead atoms. The number of benzene rings is 3. The van der Waals surface area contributed by atoms with E-state index in [-0.39, 0.29) is 16.4 Å². The molecule has 7 heteroatoms.